The molecule has 0 spiro atoms. The first kappa shape index (κ1) is 15.4. The predicted octanol–water partition coefficient (Wildman–Crippen LogP) is 1.84. The quantitative estimate of drug-likeness (QED) is 0.911. The largest absolute Gasteiger partial charge is 0.363 e. The Balaban J connectivity index is 2.06. The third-order valence-electron chi connectivity index (χ3n) is 3.90. The molecular formula is C16H22N4O. The molecule has 0 aliphatic heterocycles. The van der Waals surface area contributed by atoms with Crippen molar-refractivity contribution in [2.45, 2.75) is 39.8 Å². The van der Waals surface area contributed by atoms with Gasteiger partial charge in [0.2, 0.25) is 0 Å². The number of likely N-dealkylation sites (N-methyl/N-ethyl adjacent to an activating group) is 1. The van der Waals surface area contributed by atoms with Gasteiger partial charge in [-0.3, -0.25) is 19.7 Å². The zero-order chi connectivity index (χ0) is 15.4. The van der Waals surface area contributed by atoms with Gasteiger partial charge in [0.25, 0.3) is 0 Å². The number of aromatic nitrogens is 3. The van der Waals surface area contributed by atoms with Crippen LogP contribution in [0.2, 0.25) is 0 Å². The van der Waals surface area contributed by atoms with E-state index in [1.54, 1.807) is 24.8 Å². The zero-order valence-corrected chi connectivity index (χ0v) is 13.1. The van der Waals surface area contributed by atoms with Gasteiger partial charge in [-0.05, 0) is 27.8 Å². The number of rotatable bonds is 5. The van der Waals surface area contributed by atoms with Crippen molar-refractivity contribution in [2.24, 2.45) is 0 Å². The average Bonchev–Trinajstić information content (AvgIpc) is 2.48. The Bertz CT molecular complexity index is 651. The molecule has 1 atom stereocenters. The second-order valence-corrected chi connectivity index (χ2v) is 5.57. The molecule has 1 N–H and O–H groups in total. The lowest BCUT2D eigenvalue weighted by atomic mass is 10.1. The lowest BCUT2D eigenvalue weighted by Crippen LogP contribution is -2.32. The molecule has 0 amide bonds. The van der Waals surface area contributed by atoms with Crippen molar-refractivity contribution in [2.75, 3.05) is 7.05 Å². The maximum Gasteiger partial charge on any atom is 0.187 e. The molecule has 0 aliphatic carbocycles. The molecule has 21 heavy (non-hydrogen) atoms. The van der Waals surface area contributed by atoms with Gasteiger partial charge < -0.3 is 4.98 Å². The summed E-state index contributed by atoms with van der Waals surface area (Å²) in [5, 5.41) is 0. The highest BCUT2D eigenvalue weighted by Gasteiger charge is 2.14. The number of aryl methyl sites for hydroxylation is 1. The summed E-state index contributed by atoms with van der Waals surface area (Å²) in [4.78, 5) is 25.8. The van der Waals surface area contributed by atoms with Crippen molar-refractivity contribution in [3.63, 3.8) is 0 Å². The van der Waals surface area contributed by atoms with Crippen LogP contribution < -0.4 is 5.43 Å². The lowest BCUT2D eigenvalue weighted by Gasteiger charge is -2.25. The molecule has 0 saturated carbocycles. The molecule has 2 heterocycles. The van der Waals surface area contributed by atoms with Crippen LogP contribution in [0.25, 0.3) is 0 Å². The van der Waals surface area contributed by atoms with E-state index in [4.69, 9.17) is 0 Å². The van der Waals surface area contributed by atoms with Gasteiger partial charge in [0.1, 0.15) is 0 Å². The molecule has 0 unspecified atom stereocenters. The SMILES string of the molecule is Cc1c[nH]c(CN(C)[C@H](C)Cc2cnccn2)c(C)c1=O. The van der Waals surface area contributed by atoms with Crippen LogP contribution in [0.15, 0.2) is 29.6 Å². The first-order valence-corrected chi connectivity index (χ1v) is 7.12. The van der Waals surface area contributed by atoms with E-state index in [-0.39, 0.29) is 5.43 Å². The van der Waals surface area contributed by atoms with E-state index in [2.05, 4.69) is 33.8 Å². The summed E-state index contributed by atoms with van der Waals surface area (Å²) in [6, 6.07) is 0.311. The molecule has 0 radical (unpaired) electrons. The van der Waals surface area contributed by atoms with Crippen LogP contribution in [0.5, 0.6) is 0 Å². The van der Waals surface area contributed by atoms with E-state index < -0.39 is 0 Å². The van der Waals surface area contributed by atoms with Gasteiger partial charge in [-0.15, -0.1) is 0 Å². The zero-order valence-electron chi connectivity index (χ0n) is 13.1. The van der Waals surface area contributed by atoms with Gasteiger partial charge >= 0.3 is 0 Å². The van der Waals surface area contributed by atoms with E-state index in [0.717, 1.165) is 28.9 Å². The maximum atomic E-state index is 12.0. The molecule has 0 bridgehead atoms. The van der Waals surface area contributed by atoms with Crippen LogP contribution in [-0.2, 0) is 13.0 Å². The van der Waals surface area contributed by atoms with Crippen molar-refractivity contribution < 1.29 is 0 Å². The second-order valence-electron chi connectivity index (χ2n) is 5.57. The minimum atomic E-state index is 0.124. The first-order chi connectivity index (χ1) is 9.99. The van der Waals surface area contributed by atoms with Gasteiger partial charge in [-0.2, -0.15) is 0 Å². The number of H-pyrrole nitrogens is 1. The third-order valence-corrected chi connectivity index (χ3v) is 3.90. The molecule has 2 rings (SSSR count). The fourth-order valence-corrected chi connectivity index (χ4v) is 2.27. The van der Waals surface area contributed by atoms with E-state index in [1.807, 2.05) is 13.8 Å². The summed E-state index contributed by atoms with van der Waals surface area (Å²) in [5.74, 6) is 0. The van der Waals surface area contributed by atoms with Gasteiger partial charge in [0, 0.05) is 60.6 Å². The van der Waals surface area contributed by atoms with E-state index >= 15 is 0 Å². The summed E-state index contributed by atoms with van der Waals surface area (Å²) in [6.07, 6.45) is 7.80. The van der Waals surface area contributed by atoms with Crippen LogP contribution >= 0.6 is 0 Å². The Kier molecular flexibility index (Phi) is 4.85. The fraction of sp³-hybridized carbons (Fsp3) is 0.438. The highest BCUT2D eigenvalue weighted by atomic mass is 16.1. The number of nitrogens with one attached hydrogen (secondary N) is 1. The Morgan fingerprint density at radius 2 is 2.10 bits per heavy atom. The van der Waals surface area contributed by atoms with Crippen LogP contribution in [0.4, 0.5) is 0 Å². The van der Waals surface area contributed by atoms with Gasteiger partial charge in [-0.1, -0.05) is 0 Å². The molecule has 112 valence electrons. The van der Waals surface area contributed by atoms with Crippen molar-refractivity contribution in [1.29, 1.82) is 0 Å². The van der Waals surface area contributed by atoms with Crippen molar-refractivity contribution in [1.82, 2.24) is 19.9 Å². The molecule has 2 aromatic heterocycles. The molecular weight excluding hydrogens is 264 g/mol. The Hall–Kier alpha value is -2.01. The number of aromatic amines is 1. The molecule has 0 aromatic carbocycles. The first-order valence-electron chi connectivity index (χ1n) is 7.12. The van der Waals surface area contributed by atoms with Crippen LogP contribution in [0.1, 0.15) is 29.4 Å². The summed E-state index contributed by atoms with van der Waals surface area (Å²) >= 11 is 0. The minimum absolute atomic E-state index is 0.124. The van der Waals surface area contributed by atoms with Crippen molar-refractivity contribution in [3.8, 4) is 0 Å². The summed E-state index contributed by atoms with van der Waals surface area (Å²) < 4.78 is 0. The molecule has 0 saturated heterocycles. The Morgan fingerprint density at radius 3 is 2.76 bits per heavy atom. The fourth-order valence-electron chi connectivity index (χ4n) is 2.27. The number of pyridine rings is 1. The van der Waals surface area contributed by atoms with E-state index in [0.29, 0.717) is 12.6 Å². The van der Waals surface area contributed by atoms with Crippen LogP contribution in [0, 0.1) is 13.8 Å². The second kappa shape index (κ2) is 6.63. The van der Waals surface area contributed by atoms with Crippen LogP contribution in [-0.4, -0.2) is 32.9 Å². The standard InChI is InChI=1S/C16H22N4O/c1-11-8-19-15(13(3)16(11)21)10-20(4)12(2)7-14-9-17-5-6-18-14/h5-6,8-9,12H,7,10H2,1-4H3,(H,19,21)/t12-/m1/s1. The summed E-state index contributed by atoms with van der Waals surface area (Å²) in [5.41, 5.74) is 3.63. The summed E-state index contributed by atoms with van der Waals surface area (Å²) in [6.45, 7) is 6.57. The number of hydrogen-bond acceptors (Lipinski definition) is 4. The summed E-state index contributed by atoms with van der Waals surface area (Å²) in [7, 11) is 2.05. The van der Waals surface area contributed by atoms with Crippen molar-refractivity contribution in [3.05, 3.63) is 57.5 Å². The Labute approximate surface area is 125 Å². The molecule has 5 heteroatoms. The molecule has 5 nitrogen and oxygen atoms in total. The number of hydrogen-bond donors (Lipinski definition) is 1. The smallest absolute Gasteiger partial charge is 0.187 e. The molecule has 0 aliphatic rings. The van der Waals surface area contributed by atoms with E-state index in [1.165, 1.54) is 0 Å². The topological polar surface area (TPSA) is 61.9 Å². The highest BCUT2D eigenvalue weighted by Crippen LogP contribution is 2.09. The van der Waals surface area contributed by atoms with Gasteiger partial charge in [0.15, 0.2) is 5.43 Å². The van der Waals surface area contributed by atoms with Crippen molar-refractivity contribution >= 4 is 0 Å². The Morgan fingerprint density at radius 1 is 1.33 bits per heavy atom. The highest BCUT2D eigenvalue weighted by molar-refractivity contribution is 5.23. The maximum absolute atomic E-state index is 12.0. The van der Waals surface area contributed by atoms with Crippen LogP contribution in [0.3, 0.4) is 0 Å². The lowest BCUT2D eigenvalue weighted by molar-refractivity contribution is 0.243. The third kappa shape index (κ3) is 3.76. The monoisotopic (exact) mass is 286 g/mol. The average molecular weight is 286 g/mol. The molecule has 2 aromatic rings. The molecule has 0 fully saturated rings. The minimum Gasteiger partial charge on any atom is -0.363 e. The van der Waals surface area contributed by atoms with E-state index in [9.17, 15) is 4.79 Å². The van der Waals surface area contributed by atoms with Gasteiger partial charge in [0.05, 0.1) is 5.69 Å². The predicted molar refractivity (Wildman–Crippen MR) is 83.2 cm³/mol. The normalized spacial score (nSPS) is 12.6. The number of nitrogens with zero attached hydrogens (tertiary/aromatic N) is 3. The van der Waals surface area contributed by atoms with Gasteiger partial charge in [-0.25, -0.2) is 0 Å².